The van der Waals surface area contributed by atoms with Crippen molar-refractivity contribution in [2.24, 2.45) is 0 Å². The fraction of sp³-hybridized carbons (Fsp3) is 0.211. The summed E-state index contributed by atoms with van der Waals surface area (Å²) in [7, 11) is 0. The molecule has 1 N–H and O–H groups in total. The number of hydrogen-bond donors (Lipinski definition) is 1. The van der Waals surface area contributed by atoms with Crippen molar-refractivity contribution in [1.82, 2.24) is 0 Å². The molecule has 0 spiro atoms. The van der Waals surface area contributed by atoms with Crippen LogP contribution in [0.2, 0.25) is 0 Å². The SMILES string of the molecule is C/C(=C\C(F)(F)F)c1ccc(C(=O)Nc2ccc3c(c2)OCCO3)cc1. The molecule has 1 aliphatic rings. The van der Waals surface area contributed by atoms with Crippen LogP contribution in [-0.2, 0) is 0 Å². The molecule has 2 aromatic rings. The number of amides is 1. The van der Waals surface area contributed by atoms with E-state index in [0.29, 0.717) is 41.5 Å². The highest BCUT2D eigenvalue weighted by Gasteiger charge is 2.23. The third-order valence-electron chi connectivity index (χ3n) is 3.78. The van der Waals surface area contributed by atoms with Gasteiger partial charge >= 0.3 is 6.18 Å². The van der Waals surface area contributed by atoms with Gasteiger partial charge in [-0.25, -0.2) is 0 Å². The van der Waals surface area contributed by atoms with Gasteiger partial charge in [-0.2, -0.15) is 13.2 Å². The fourth-order valence-corrected chi connectivity index (χ4v) is 2.54. The highest BCUT2D eigenvalue weighted by atomic mass is 19.4. The van der Waals surface area contributed by atoms with Crippen molar-refractivity contribution in [3.05, 3.63) is 59.7 Å². The van der Waals surface area contributed by atoms with Gasteiger partial charge < -0.3 is 14.8 Å². The normalized spacial score (nSPS) is 14.1. The number of fused-ring (bicyclic) bond motifs is 1. The molecular weight excluding hydrogens is 347 g/mol. The number of halogens is 3. The standard InChI is InChI=1S/C19H16F3NO3/c1-12(11-19(20,21)22)13-2-4-14(5-3-13)18(24)23-15-6-7-16-17(10-15)26-9-8-25-16/h2-7,10-11H,8-9H2,1H3,(H,23,24)/b12-11+. The first-order valence-electron chi connectivity index (χ1n) is 7.89. The van der Waals surface area contributed by atoms with Crippen molar-refractivity contribution < 1.29 is 27.4 Å². The molecule has 0 aliphatic carbocycles. The molecule has 4 nitrogen and oxygen atoms in total. The van der Waals surface area contributed by atoms with Crippen LogP contribution >= 0.6 is 0 Å². The van der Waals surface area contributed by atoms with Crippen molar-refractivity contribution in [2.75, 3.05) is 18.5 Å². The largest absolute Gasteiger partial charge is 0.486 e. The minimum absolute atomic E-state index is 0.0799. The molecule has 1 amide bonds. The van der Waals surface area contributed by atoms with E-state index in [2.05, 4.69) is 5.32 Å². The lowest BCUT2D eigenvalue weighted by atomic mass is 10.0. The third kappa shape index (κ3) is 4.36. The molecule has 0 atom stereocenters. The van der Waals surface area contributed by atoms with Crippen molar-refractivity contribution in [1.29, 1.82) is 0 Å². The van der Waals surface area contributed by atoms with Gasteiger partial charge in [-0.05, 0) is 42.3 Å². The van der Waals surface area contributed by atoms with Crippen LogP contribution < -0.4 is 14.8 Å². The number of carbonyl (C=O) groups is 1. The molecule has 0 fully saturated rings. The summed E-state index contributed by atoms with van der Waals surface area (Å²) in [4.78, 5) is 12.3. The van der Waals surface area contributed by atoms with Crippen molar-refractivity contribution >= 4 is 17.2 Å². The molecule has 0 saturated heterocycles. The minimum Gasteiger partial charge on any atom is -0.486 e. The smallest absolute Gasteiger partial charge is 0.410 e. The second-order valence-corrected chi connectivity index (χ2v) is 5.76. The van der Waals surface area contributed by atoms with E-state index in [-0.39, 0.29) is 17.6 Å². The van der Waals surface area contributed by atoms with Gasteiger partial charge in [-0.15, -0.1) is 0 Å². The molecule has 2 aromatic carbocycles. The van der Waals surface area contributed by atoms with Crippen molar-refractivity contribution in [3.8, 4) is 11.5 Å². The molecule has 7 heteroatoms. The Balaban J connectivity index is 1.71. The topological polar surface area (TPSA) is 47.6 Å². The maximum atomic E-state index is 12.4. The summed E-state index contributed by atoms with van der Waals surface area (Å²) in [6.07, 6.45) is -4.14. The number of alkyl halides is 3. The van der Waals surface area contributed by atoms with E-state index >= 15 is 0 Å². The van der Waals surface area contributed by atoms with Gasteiger partial charge in [-0.3, -0.25) is 4.79 Å². The van der Waals surface area contributed by atoms with Gasteiger partial charge in [0.05, 0.1) is 0 Å². The summed E-state index contributed by atoms with van der Waals surface area (Å²) in [5, 5.41) is 2.73. The Bertz CT molecular complexity index is 842. The number of benzene rings is 2. The van der Waals surface area contributed by atoms with E-state index in [1.54, 1.807) is 18.2 Å². The van der Waals surface area contributed by atoms with Gasteiger partial charge in [0.15, 0.2) is 11.5 Å². The van der Waals surface area contributed by atoms with Crippen LogP contribution in [0.4, 0.5) is 18.9 Å². The summed E-state index contributed by atoms with van der Waals surface area (Å²) in [6, 6.07) is 11.0. The van der Waals surface area contributed by atoms with Crippen molar-refractivity contribution in [3.63, 3.8) is 0 Å². The Morgan fingerprint density at radius 3 is 2.27 bits per heavy atom. The molecule has 0 aromatic heterocycles. The highest BCUT2D eigenvalue weighted by Crippen LogP contribution is 2.32. The van der Waals surface area contributed by atoms with E-state index in [1.807, 2.05) is 0 Å². The van der Waals surface area contributed by atoms with Gasteiger partial charge in [0.1, 0.15) is 13.2 Å². The molecule has 1 heterocycles. The minimum atomic E-state index is -4.38. The van der Waals surface area contributed by atoms with Gasteiger partial charge in [0, 0.05) is 23.4 Å². The summed E-state index contributed by atoms with van der Waals surface area (Å²) in [5.74, 6) is 0.800. The molecule has 26 heavy (non-hydrogen) atoms. The molecule has 136 valence electrons. The van der Waals surface area contributed by atoms with Gasteiger partial charge in [0.2, 0.25) is 0 Å². The van der Waals surface area contributed by atoms with Crippen LogP contribution in [0, 0.1) is 0 Å². The second-order valence-electron chi connectivity index (χ2n) is 5.76. The Morgan fingerprint density at radius 1 is 1.00 bits per heavy atom. The number of allylic oxidation sites excluding steroid dienone is 2. The molecule has 0 unspecified atom stereocenters. The predicted molar refractivity (Wildman–Crippen MR) is 91.5 cm³/mol. The van der Waals surface area contributed by atoms with E-state index in [9.17, 15) is 18.0 Å². The number of rotatable bonds is 3. The number of ether oxygens (including phenoxy) is 2. The predicted octanol–water partition coefficient (Wildman–Crippen LogP) is 4.68. The average molecular weight is 363 g/mol. The van der Waals surface area contributed by atoms with E-state index in [0.717, 1.165) is 0 Å². The summed E-state index contributed by atoms with van der Waals surface area (Å²) >= 11 is 0. The van der Waals surface area contributed by atoms with Crippen LogP contribution in [0.5, 0.6) is 11.5 Å². The monoisotopic (exact) mass is 363 g/mol. The Morgan fingerprint density at radius 2 is 1.62 bits per heavy atom. The molecule has 0 bridgehead atoms. The molecule has 0 saturated carbocycles. The Hall–Kier alpha value is -2.96. The molecule has 3 rings (SSSR count). The number of anilines is 1. The van der Waals surface area contributed by atoms with E-state index in [4.69, 9.17) is 9.47 Å². The molecular formula is C19H16F3NO3. The van der Waals surface area contributed by atoms with E-state index in [1.165, 1.54) is 31.2 Å². The lowest BCUT2D eigenvalue weighted by Gasteiger charge is -2.19. The average Bonchev–Trinajstić information content (AvgIpc) is 2.60. The number of nitrogens with one attached hydrogen (secondary N) is 1. The van der Waals surface area contributed by atoms with E-state index < -0.39 is 6.18 Å². The Kier molecular flexibility index (Phi) is 4.88. The van der Waals surface area contributed by atoms with Crippen LogP contribution in [0.1, 0.15) is 22.8 Å². The van der Waals surface area contributed by atoms with Crippen LogP contribution in [0.3, 0.4) is 0 Å². The zero-order valence-electron chi connectivity index (χ0n) is 13.9. The summed E-state index contributed by atoms with van der Waals surface area (Å²) in [5.41, 5.74) is 1.36. The number of carbonyl (C=O) groups excluding carboxylic acids is 1. The summed E-state index contributed by atoms with van der Waals surface area (Å²) in [6.45, 7) is 2.29. The fourth-order valence-electron chi connectivity index (χ4n) is 2.54. The van der Waals surface area contributed by atoms with Crippen LogP contribution in [-0.4, -0.2) is 25.3 Å². The van der Waals surface area contributed by atoms with Gasteiger partial charge in [0.25, 0.3) is 5.91 Å². The zero-order chi connectivity index (χ0) is 18.7. The first kappa shape index (κ1) is 17.8. The third-order valence-corrected chi connectivity index (χ3v) is 3.78. The lowest BCUT2D eigenvalue weighted by Crippen LogP contribution is -2.16. The Labute approximate surface area is 148 Å². The highest BCUT2D eigenvalue weighted by molar-refractivity contribution is 6.04. The molecule has 1 aliphatic heterocycles. The van der Waals surface area contributed by atoms with Crippen LogP contribution in [0.25, 0.3) is 5.57 Å². The zero-order valence-corrected chi connectivity index (χ0v) is 13.9. The van der Waals surface area contributed by atoms with Crippen LogP contribution in [0.15, 0.2) is 48.5 Å². The second kappa shape index (κ2) is 7.11. The number of hydrogen-bond acceptors (Lipinski definition) is 3. The maximum Gasteiger partial charge on any atom is 0.410 e. The maximum absolute atomic E-state index is 12.4. The lowest BCUT2D eigenvalue weighted by molar-refractivity contribution is -0.0793. The first-order valence-corrected chi connectivity index (χ1v) is 7.89. The van der Waals surface area contributed by atoms with Gasteiger partial charge in [-0.1, -0.05) is 12.1 Å². The quantitative estimate of drug-likeness (QED) is 0.862. The first-order chi connectivity index (χ1) is 12.3. The van der Waals surface area contributed by atoms with Crippen molar-refractivity contribution in [2.45, 2.75) is 13.1 Å². The molecule has 0 radical (unpaired) electrons. The summed E-state index contributed by atoms with van der Waals surface area (Å²) < 4.78 is 48.1.